The van der Waals surface area contributed by atoms with E-state index in [2.05, 4.69) is 15.4 Å². The fraction of sp³-hybridized carbons (Fsp3) is 0.500. The van der Waals surface area contributed by atoms with Crippen molar-refractivity contribution in [3.8, 4) is 0 Å². The summed E-state index contributed by atoms with van der Waals surface area (Å²) >= 11 is 5.92. The fourth-order valence-electron chi connectivity index (χ4n) is 2.45. The standard InChI is InChI=1S/C12H15ClN4/c13-12-15-10(4-3-9-5-6-14-8-9)11-2-1-7-17(11)16-12/h1-2,7,9,14H,3-6,8H2. The van der Waals surface area contributed by atoms with Crippen molar-refractivity contribution in [3.63, 3.8) is 0 Å². The summed E-state index contributed by atoms with van der Waals surface area (Å²) in [6, 6.07) is 4.01. The first-order valence-corrected chi connectivity index (χ1v) is 6.41. The molecule has 1 atom stereocenters. The molecule has 2 aromatic heterocycles. The van der Waals surface area contributed by atoms with Crippen LogP contribution in [0.2, 0.25) is 5.28 Å². The smallest absolute Gasteiger partial charge is 0.241 e. The lowest BCUT2D eigenvalue weighted by Crippen LogP contribution is -2.10. The van der Waals surface area contributed by atoms with Gasteiger partial charge in [-0.3, -0.25) is 0 Å². The summed E-state index contributed by atoms with van der Waals surface area (Å²) in [5.74, 6) is 0.777. The predicted octanol–water partition coefficient (Wildman–Crippen LogP) is 1.92. The quantitative estimate of drug-likeness (QED) is 0.905. The number of nitrogens with one attached hydrogen (secondary N) is 1. The molecule has 5 heteroatoms. The number of hydrogen-bond acceptors (Lipinski definition) is 3. The van der Waals surface area contributed by atoms with Crippen LogP contribution in [0, 0.1) is 5.92 Å². The summed E-state index contributed by atoms with van der Waals surface area (Å²) in [5, 5.41) is 7.85. The minimum atomic E-state index is 0.327. The molecule has 0 aromatic carbocycles. The Morgan fingerprint density at radius 1 is 1.53 bits per heavy atom. The average Bonchev–Trinajstić information content (AvgIpc) is 2.95. The summed E-state index contributed by atoms with van der Waals surface area (Å²) in [4.78, 5) is 4.35. The third kappa shape index (κ3) is 2.28. The van der Waals surface area contributed by atoms with Crippen molar-refractivity contribution >= 4 is 17.1 Å². The van der Waals surface area contributed by atoms with Crippen LogP contribution in [0.3, 0.4) is 0 Å². The number of hydrogen-bond donors (Lipinski definition) is 1. The van der Waals surface area contributed by atoms with Crippen molar-refractivity contribution in [3.05, 3.63) is 29.3 Å². The average molecular weight is 251 g/mol. The summed E-state index contributed by atoms with van der Waals surface area (Å²) in [5.41, 5.74) is 2.13. The van der Waals surface area contributed by atoms with Crippen LogP contribution < -0.4 is 5.32 Å². The van der Waals surface area contributed by atoms with E-state index in [1.165, 1.54) is 12.8 Å². The Labute approximate surface area is 105 Å². The zero-order valence-corrected chi connectivity index (χ0v) is 10.3. The lowest BCUT2D eigenvalue weighted by molar-refractivity contribution is 0.529. The monoisotopic (exact) mass is 250 g/mol. The molecular formula is C12H15ClN4. The van der Waals surface area contributed by atoms with Gasteiger partial charge in [-0.2, -0.15) is 0 Å². The maximum absolute atomic E-state index is 5.92. The molecular weight excluding hydrogens is 236 g/mol. The second-order valence-electron chi connectivity index (χ2n) is 4.56. The number of halogens is 1. The molecule has 0 saturated carbocycles. The molecule has 1 fully saturated rings. The van der Waals surface area contributed by atoms with E-state index in [4.69, 9.17) is 11.6 Å². The zero-order chi connectivity index (χ0) is 11.7. The van der Waals surface area contributed by atoms with Gasteiger partial charge in [0.15, 0.2) is 0 Å². The molecule has 0 radical (unpaired) electrons. The maximum atomic E-state index is 5.92. The molecule has 3 heterocycles. The second kappa shape index (κ2) is 4.63. The minimum absolute atomic E-state index is 0.327. The van der Waals surface area contributed by atoms with Gasteiger partial charge in [-0.25, -0.2) is 9.50 Å². The zero-order valence-electron chi connectivity index (χ0n) is 9.56. The van der Waals surface area contributed by atoms with Gasteiger partial charge in [0, 0.05) is 6.20 Å². The van der Waals surface area contributed by atoms with Gasteiger partial charge in [0.25, 0.3) is 0 Å². The van der Waals surface area contributed by atoms with Crippen LogP contribution in [-0.2, 0) is 6.42 Å². The first-order valence-electron chi connectivity index (χ1n) is 6.03. The van der Waals surface area contributed by atoms with Crippen molar-refractivity contribution < 1.29 is 0 Å². The van der Waals surface area contributed by atoms with E-state index >= 15 is 0 Å². The summed E-state index contributed by atoms with van der Waals surface area (Å²) in [6.07, 6.45) is 5.32. The van der Waals surface area contributed by atoms with Crippen LogP contribution in [0.1, 0.15) is 18.5 Å². The Kier molecular flexibility index (Phi) is 2.99. The Bertz CT molecular complexity index is 516. The maximum Gasteiger partial charge on any atom is 0.241 e. The van der Waals surface area contributed by atoms with E-state index in [1.54, 1.807) is 4.52 Å². The molecule has 1 N–H and O–H groups in total. The third-order valence-corrected chi connectivity index (χ3v) is 3.55. The first kappa shape index (κ1) is 11.0. The third-order valence-electron chi connectivity index (χ3n) is 3.39. The van der Waals surface area contributed by atoms with Crippen LogP contribution >= 0.6 is 11.6 Å². The van der Waals surface area contributed by atoms with Gasteiger partial charge in [0.1, 0.15) is 0 Å². The van der Waals surface area contributed by atoms with Gasteiger partial charge in [-0.15, -0.1) is 5.10 Å². The van der Waals surface area contributed by atoms with E-state index in [9.17, 15) is 0 Å². The van der Waals surface area contributed by atoms with Crippen LogP contribution in [0.5, 0.6) is 0 Å². The normalized spacial score (nSPS) is 20.2. The molecule has 3 rings (SSSR count). The van der Waals surface area contributed by atoms with Gasteiger partial charge in [-0.1, -0.05) is 0 Å². The first-order chi connectivity index (χ1) is 8.33. The Morgan fingerprint density at radius 3 is 3.29 bits per heavy atom. The molecule has 0 bridgehead atoms. The van der Waals surface area contributed by atoms with Crippen molar-refractivity contribution in [1.29, 1.82) is 0 Å². The van der Waals surface area contributed by atoms with Crippen molar-refractivity contribution in [2.45, 2.75) is 19.3 Å². The number of rotatable bonds is 3. The fourth-order valence-corrected chi connectivity index (χ4v) is 2.64. The van der Waals surface area contributed by atoms with E-state index < -0.39 is 0 Å². The molecule has 0 amide bonds. The largest absolute Gasteiger partial charge is 0.316 e. The number of aryl methyl sites for hydroxylation is 1. The Balaban J connectivity index is 1.81. The minimum Gasteiger partial charge on any atom is -0.316 e. The molecule has 1 aliphatic heterocycles. The van der Waals surface area contributed by atoms with E-state index in [0.717, 1.165) is 36.6 Å². The molecule has 1 unspecified atom stereocenters. The topological polar surface area (TPSA) is 42.2 Å². The van der Waals surface area contributed by atoms with Crippen LogP contribution in [0.25, 0.3) is 5.52 Å². The second-order valence-corrected chi connectivity index (χ2v) is 4.90. The van der Waals surface area contributed by atoms with Crippen LogP contribution in [-0.4, -0.2) is 27.7 Å². The molecule has 90 valence electrons. The summed E-state index contributed by atoms with van der Waals surface area (Å²) in [7, 11) is 0. The van der Waals surface area contributed by atoms with Crippen molar-refractivity contribution in [1.82, 2.24) is 19.9 Å². The highest BCUT2D eigenvalue weighted by molar-refractivity contribution is 6.28. The SMILES string of the molecule is Clc1nc(CCC2CCNC2)c2cccn2n1. The molecule has 1 aliphatic rings. The molecule has 2 aromatic rings. The van der Waals surface area contributed by atoms with Crippen molar-refractivity contribution in [2.24, 2.45) is 5.92 Å². The Morgan fingerprint density at radius 2 is 2.47 bits per heavy atom. The van der Waals surface area contributed by atoms with E-state index in [0.29, 0.717) is 5.28 Å². The Hall–Kier alpha value is -1.13. The van der Waals surface area contributed by atoms with E-state index in [-0.39, 0.29) is 0 Å². The van der Waals surface area contributed by atoms with E-state index in [1.807, 2.05) is 18.3 Å². The van der Waals surface area contributed by atoms with Gasteiger partial charge in [0.2, 0.25) is 5.28 Å². The lowest BCUT2D eigenvalue weighted by atomic mass is 10.0. The summed E-state index contributed by atoms with van der Waals surface area (Å²) in [6.45, 7) is 2.28. The van der Waals surface area contributed by atoms with Crippen LogP contribution in [0.4, 0.5) is 0 Å². The van der Waals surface area contributed by atoms with Gasteiger partial charge in [0.05, 0.1) is 11.2 Å². The molecule has 1 saturated heterocycles. The number of fused-ring (bicyclic) bond motifs is 1. The highest BCUT2D eigenvalue weighted by Crippen LogP contribution is 2.18. The molecule has 0 spiro atoms. The van der Waals surface area contributed by atoms with Gasteiger partial charge < -0.3 is 5.32 Å². The number of aromatic nitrogens is 3. The van der Waals surface area contributed by atoms with Crippen LogP contribution in [0.15, 0.2) is 18.3 Å². The van der Waals surface area contributed by atoms with Crippen molar-refractivity contribution in [2.75, 3.05) is 13.1 Å². The molecule has 17 heavy (non-hydrogen) atoms. The molecule has 4 nitrogen and oxygen atoms in total. The van der Waals surface area contributed by atoms with Gasteiger partial charge >= 0.3 is 0 Å². The predicted molar refractivity (Wildman–Crippen MR) is 67.3 cm³/mol. The lowest BCUT2D eigenvalue weighted by Gasteiger charge is -2.08. The highest BCUT2D eigenvalue weighted by atomic mass is 35.5. The number of nitrogens with zero attached hydrogens (tertiary/aromatic N) is 3. The highest BCUT2D eigenvalue weighted by Gasteiger charge is 2.15. The van der Waals surface area contributed by atoms with Gasteiger partial charge in [-0.05, 0) is 62.0 Å². The molecule has 0 aliphatic carbocycles. The summed E-state index contributed by atoms with van der Waals surface area (Å²) < 4.78 is 1.80.